The van der Waals surface area contributed by atoms with Crippen LogP contribution in [0.1, 0.15) is 18.1 Å². The van der Waals surface area contributed by atoms with Crippen molar-refractivity contribution in [3.05, 3.63) is 64.2 Å². The Bertz CT molecular complexity index is 632. The van der Waals surface area contributed by atoms with Crippen LogP contribution in [-0.4, -0.2) is 6.04 Å². The SMILES string of the molecule is CC(N)Cc1ccc(OCc2ccc(F)c(Cl)c2)c(F)c1. The van der Waals surface area contributed by atoms with E-state index in [2.05, 4.69) is 0 Å². The van der Waals surface area contributed by atoms with Gasteiger partial charge in [0.2, 0.25) is 0 Å². The first-order valence-electron chi connectivity index (χ1n) is 6.56. The lowest BCUT2D eigenvalue weighted by molar-refractivity contribution is 0.290. The van der Waals surface area contributed by atoms with Gasteiger partial charge >= 0.3 is 0 Å². The Morgan fingerprint density at radius 1 is 1.10 bits per heavy atom. The molecule has 0 aromatic heterocycles. The molecule has 21 heavy (non-hydrogen) atoms. The molecule has 0 bridgehead atoms. The van der Waals surface area contributed by atoms with E-state index in [9.17, 15) is 8.78 Å². The van der Waals surface area contributed by atoms with E-state index in [1.807, 2.05) is 6.92 Å². The predicted molar refractivity (Wildman–Crippen MR) is 79.5 cm³/mol. The van der Waals surface area contributed by atoms with Crippen molar-refractivity contribution in [2.75, 3.05) is 0 Å². The van der Waals surface area contributed by atoms with Gasteiger partial charge in [-0.15, -0.1) is 0 Å². The summed E-state index contributed by atoms with van der Waals surface area (Å²) in [7, 11) is 0. The second kappa shape index (κ2) is 6.87. The van der Waals surface area contributed by atoms with Crippen LogP contribution in [0.3, 0.4) is 0 Å². The molecule has 0 fully saturated rings. The summed E-state index contributed by atoms with van der Waals surface area (Å²) in [5.74, 6) is -0.794. The van der Waals surface area contributed by atoms with Crippen molar-refractivity contribution >= 4 is 11.6 Å². The maximum absolute atomic E-state index is 13.9. The van der Waals surface area contributed by atoms with Crippen LogP contribution >= 0.6 is 11.6 Å². The highest BCUT2D eigenvalue weighted by Crippen LogP contribution is 2.22. The molecule has 2 aromatic rings. The minimum atomic E-state index is -0.494. The average molecular weight is 312 g/mol. The first-order chi connectivity index (χ1) is 9.95. The zero-order valence-corrected chi connectivity index (χ0v) is 12.3. The molecule has 2 N–H and O–H groups in total. The fraction of sp³-hybridized carbons (Fsp3) is 0.250. The van der Waals surface area contributed by atoms with Crippen molar-refractivity contribution < 1.29 is 13.5 Å². The molecule has 0 saturated heterocycles. The molecule has 0 aliphatic carbocycles. The van der Waals surface area contributed by atoms with Gasteiger partial charge in [-0.05, 0) is 48.7 Å². The summed E-state index contributed by atoms with van der Waals surface area (Å²) >= 11 is 5.68. The van der Waals surface area contributed by atoms with Crippen molar-refractivity contribution in [1.82, 2.24) is 0 Å². The highest BCUT2D eigenvalue weighted by molar-refractivity contribution is 6.30. The topological polar surface area (TPSA) is 35.2 Å². The third kappa shape index (κ3) is 4.41. The molecule has 2 aromatic carbocycles. The third-order valence-corrected chi connectivity index (χ3v) is 3.22. The van der Waals surface area contributed by atoms with Crippen LogP contribution < -0.4 is 10.5 Å². The van der Waals surface area contributed by atoms with Gasteiger partial charge in [-0.2, -0.15) is 0 Å². The number of hydrogen-bond donors (Lipinski definition) is 1. The van der Waals surface area contributed by atoms with Gasteiger partial charge in [0.1, 0.15) is 12.4 Å². The maximum atomic E-state index is 13.9. The standard InChI is InChI=1S/C16H16ClF2NO/c1-10(20)6-11-3-5-16(15(19)8-11)21-9-12-2-4-14(18)13(17)7-12/h2-5,7-8,10H,6,9,20H2,1H3. The van der Waals surface area contributed by atoms with Gasteiger partial charge in [-0.3, -0.25) is 0 Å². The summed E-state index contributed by atoms with van der Waals surface area (Å²) in [5.41, 5.74) is 7.16. The summed E-state index contributed by atoms with van der Waals surface area (Å²) in [6, 6.07) is 8.98. The van der Waals surface area contributed by atoms with E-state index < -0.39 is 11.6 Å². The first kappa shape index (κ1) is 15.7. The van der Waals surface area contributed by atoms with Crippen LogP contribution in [0.2, 0.25) is 5.02 Å². The zero-order chi connectivity index (χ0) is 15.4. The molecule has 2 nitrogen and oxygen atoms in total. The van der Waals surface area contributed by atoms with E-state index >= 15 is 0 Å². The number of benzene rings is 2. The Morgan fingerprint density at radius 2 is 1.81 bits per heavy atom. The summed E-state index contributed by atoms with van der Waals surface area (Å²) in [6.45, 7) is 1.98. The average Bonchev–Trinajstić information content (AvgIpc) is 2.41. The zero-order valence-electron chi connectivity index (χ0n) is 11.6. The molecule has 0 radical (unpaired) electrons. The fourth-order valence-electron chi connectivity index (χ4n) is 1.95. The lowest BCUT2D eigenvalue weighted by Gasteiger charge is -2.10. The second-order valence-corrected chi connectivity index (χ2v) is 5.39. The number of halogens is 3. The molecule has 0 aliphatic heterocycles. The van der Waals surface area contributed by atoms with Gasteiger partial charge in [0.25, 0.3) is 0 Å². The number of ether oxygens (including phenoxy) is 1. The van der Waals surface area contributed by atoms with Crippen LogP contribution in [0.25, 0.3) is 0 Å². The molecule has 1 atom stereocenters. The van der Waals surface area contributed by atoms with Crippen molar-refractivity contribution in [2.45, 2.75) is 26.0 Å². The summed E-state index contributed by atoms with van der Waals surface area (Å²) in [5, 5.41) is 0.0175. The molecule has 0 heterocycles. The molecule has 5 heteroatoms. The molecule has 0 spiro atoms. The van der Waals surface area contributed by atoms with Crippen LogP contribution in [0.5, 0.6) is 5.75 Å². The van der Waals surface area contributed by atoms with E-state index in [1.54, 1.807) is 18.2 Å². The molecular weight excluding hydrogens is 296 g/mol. The lowest BCUT2D eigenvalue weighted by atomic mass is 10.1. The van der Waals surface area contributed by atoms with Crippen LogP contribution in [0.15, 0.2) is 36.4 Å². The molecule has 1 unspecified atom stereocenters. The van der Waals surface area contributed by atoms with E-state index in [0.717, 1.165) is 5.56 Å². The maximum Gasteiger partial charge on any atom is 0.165 e. The van der Waals surface area contributed by atoms with E-state index in [0.29, 0.717) is 12.0 Å². The van der Waals surface area contributed by atoms with Crippen LogP contribution in [-0.2, 0) is 13.0 Å². The van der Waals surface area contributed by atoms with Gasteiger partial charge < -0.3 is 10.5 Å². The predicted octanol–water partition coefficient (Wildman–Crippen LogP) is 4.09. The Balaban J connectivity index is 2.04. The first-order valence-corrected chi connectivity index (χ1v) is 6.94. The third-order valence-electron chi connectivity index (χ3n) is 2.93. The van der Waals surface area contributed by atoms with Gasteiger partial charge in [0.15, 0.2) is 11.6 Å². The number of hydrogen-bond acceptors (Lipinski definition) is 2. The normalized spacial score (nSPS) is 12.2. The number of nitrogens with two attached hydrogens (primary N) is 1. The summed E-state index contributed by atoms with van der Waals surface area (Å²) in [6.07, 6.45) is 0.602. The second-order valence-electron chi connectivity index (χ2n) is 4.98. The molecule has 112 valence electrons. The molecule has 0 saturated carbocycles. The molecular formula is C16H16ClF2NO. The molecule has 0 amide bonds. The quantitative estimate of drug-likeness (QED) is 0.902. The fourth-order valence-corrected chi connectivity index (χ4v) is 2.15. The summed E-state index contributed by atoms with van der Waals surface area (Å²) in [4.78, 5) is 0. The van der Waals surface area contributed by atoms with Gasteiger partial charge in [0.05, 0.1) is 5.02 Å². The van der Waals surface area contributed by atoms with Crippen molar-refractivity contribution in [3.63, 3.8) is 0 Å². The van der Waals surface area contributed by atoms with Crippen LogP contribution in [0, 0.1) is 11.6 Å². The van der Waals surface area contributed by atoms with Gasteiger partial charge in [-0.1, -0.05) is 23.7 Å². The monoisotopic (exact) mass is 311 g/mol. The van der Waals surface area contributed by atoms with E-state index in [-0.39, 0.29) is 23.4 Å². The smallest absolute Gasteiger partial charge is 0.165 e. The highest BCUT2D eigenvalue weighted by atomic mass is 35.5. The van der Waals surface area contributed by atoms with E-state index in [1.165, 1.54) is 18.2 Å². The highest BCUT2D eigenvalue weighted by Gasteiger charge is 2.07. The Kier molecular flexibility index (Phi) is 5.15. The van der Waals surface area contributed by atoms with Gasteiger partial charge in [-0.25, -0.2) is 8.78 Å². The largest absolute Gasteiger partial charge is 0.486 e. The Labute approximate surface area is 127 Å². The van der Waals surface area contributed by atoms with Crippen molar-refractivity contribution in [3.8, 4) is 5.75 Å². The minimum absolute atomic E-state index is 0.0175. The van der Waals surface area contributed by atoms with Crippen molar-refractivity contribution in [2.24, 2.45) is 5.73 Å². The minimum Gasteiger partial charge on any atom is -0.486 e. The molecule has 2 rings (SSSR count). The molecule has 0 aliphatic rings. The number of rotatable bonds is 5. The van der Waals surface area contributed by atoms with Crippen LogP contribution in [0.4, 0.5) is 8.78 Å². The van der Waals surface area contributed by atoms with Gasteiger partial charge in [0, 0.05) is 6.04 Å². The lowest BCUT2D eigenvalue weighted by Crippen LogP contribution is -2.17. The summed E-state index contributed by atoms with van der Waals surface area (Å²) < 4.78 is 32.3. The Morgan fingerprint density at radius 3 is 2.43 bits per heavy atom. The Hall–Kier alpha value is -1.65. The van der Waals surface area contributed by atoms with E-state index in [4.69, 9.17) is 22.1 Å². The van der Waals surface area contributed by atoms with Crippen molar-refractivity contribution in [1.29, 1.82) is 0 Å².